The average molecular weight is 447 g/mol. The van der Waals surface area contributed by atoms with Crippen molar-refractivity contribution >= 4 is 35.2 Å². The van der Waals surface area contributed by atoms with Crippen molar-refractivity contribution < 1.29 is 9.59 Å². The number of nitrogens with zero attached hydrogens (tertiary/aromatic N) is 1. The Kier molecular flexibility index (Phi) is 9.73. The van der Waals surface area contributed by atoms with E-state index in [1.807, 2.05) is 69.3 Å². The fourth-order valence-corrected chi connectivity index (χ4v) is 4.03. The Hall–Kier alpha value is -1.98. The van der Waals surface area contributed by atoms with Crippen molar-refractivity contribution in [2.75, 3.05) is 5.75 Å². The van der Waals surface area contributed by atoms with Gasteiger partial charge in [0.05, 0.1) is 0 Å². The van der Waals surface area contributed by atoms with E-state index in [0.29, 0.717) is 13.0 Å². The first-order valence-electron chi connectivity index (χ1n) is 10.3. The molecule has 0 saturated carbocycles. The van der Waals surface area contributed by atoms with Crippen molar-refractivity contribution in [3.05, 3.63) is 64.7 Å². The molecule has 0 aliphatic rings. The van der Waals surface area contributed by atoms with Crippen LogP contribution in [0.25, 0.3) is 0 Å². The van der Waals surface area contributed by atoms with Crippen LogP contribution in [0.1, 0.15) is 44.7 Å². The third-order valence-electron chi connectivity index (χ3n) is 4.82. The van der Waals surface area contributed by atoms with Gasteiger partial charge in [-0.15, -0.1) is 11.8 Å². The van der Waals surface area contributed by atoms with E-state index < -0.39 is 6.04 Å². The fraction of sp³-hybridized carbons (Fsp3) is 0.417. The van der Waals surface area contributed by atoms with Gasteiger partial charge < -0.3 is 10.2 Å². The molecule has 0 fully saturated rings. The van der Waals surface area contributed by atoms with Crippen LogP contribution in [0.4, 0.5) is 0 Å². The van der Waals surface area contributed by atoms with E-state index in [1.54, 1.807) is 23.6 Å². The Balaban J connectivity index is 2.00. The Morgan fingerprint density at radius 2 is 1.73 bits per heavy atom. The second-order valence-corrected chi connectivity index (χ2v) is 9.30. The first-order valence-corrected chi connectivity index (χ1v) is 11.7. The molecule has 0 aromatic heterocycles. The Labute approximate surface area is 189 Å². The van der Waals surface area contributed by atoms with E-state index in [0.717, 1.165) is 33.2 Å². The number of thioether (sulfide) groups is 1. The fourth-order valence-electron chi connectivity index (χ4n) is 3.05. The lowest BCUT2D eigenvalue weighted by atomic mass is 10.1. The van der Waals surface area contributed by atoms with Crippen LogP contribution in [0.3, 0.4) is 0 Å². The summed E-state index contributed by atoms with van der Waals surface area (Å²) in [5, 5.41) is 3.64. The number of amides is 2. The highest BCUT2D eigenvalue weighted by Crippen LogP contribution is 2.22. The topological polar surface area (TPSA) is 49.4 Å². The predicted octanol–water partition coefficient (Wildman–Crippen LogP) is 5.46. The van der Waals surface area contributed by atoms with Crippen LogP contribution >= 0.6 is 23.4 Å². The maximum atomic E-state index is 13.1. The van der Waals surface area contributed by atoms with Crippen molar-refractivity contribution in [2.45, 2.75) is 64.1 Å². The van der Waals surface area contributed by atoms with Gasteiger partial charge >= 0.3 is 0 Å². The zero-order valence-corrected chi connectivity index (χ0v) is 19.7. The maximum absolute atomic E-state index is 13.1. The van der Waals surface area contributed by atoms with E-state index in [2.05, 4.69) is 5.32 Å². The van der Waals surface area contributed by atoms with Crippen molar-refractivity contribution in [2.24, 2.45) is 0 Å². The molecule has 0 aliphatic carbocycles. The zero-order chi connectivity index (χ0) is 22.1. The molecule has 1 atom stereocenters. The van der Waals surface area contributed by atoms with Crippen LogP contribution in [0.15, 0.2) is 53.4 Å². The van der Waals surface area contributed by atoms with E-state index >= 15 is 0 Å². The molecule has 6 heteroatoms. The number of aryl methyl sites for hydroxylation is 1. The standard InChI is InChI=1S/C24H31ClN2O2S/c1-17(2)26-24(29)19(4)27(16-20-9-6-5-8-18(20)3)23(28)10-7-15-30-22-13-11-21(25)12-14-22/h5-6,8-9,11-14,17,19H,7,10,15-16H2,1-4H3,(H,26,29)/t19-/m1/s1. The molecule has 0 radical (unpaired) electrons. The van der Waals surface area contributed by atoms with Crippen molar-refractivity contribution in [3.8, 4) is 0 Å². The lowest BCUT2D eigenvalue weighted by Crippen LogP contribution is -2.49. The molecule has 2 aromatic rings. The number of nitrogens with one attached hydrogen (secondary N) is 1. The molecular formula is C24H31ClN2O2S. The number of hydrogen-bond donors (Lipinski definition) is 1. The molecule has 162 valence electrons. The van der Waals surface area contributed by atoms with Gasteiger partial charge in [-0.2, -0.15) is 0 Å². The molecule has 2 rings (SSSR count). The number of rotatable bonds is 10. The van der Waals surface area contributed by atoms with Gasteiger partial charge in [0.25, 0.3) is 0 Å². The van der Waals surface area contributed by atoms with Gasteiger partial charge in [0, 0.05) is 28.9 Å². The second kappa shape index (κ2) is 12.0. The number of halogens is 1. The molecule has 0 bridgehead atoms. The van der Waals surface area contributed by atoms with Gasteiger partial charge in [-0.25, -0.2) is 0 Å². The molecule has 0 unspecified atom stereocenters. The van der Waals surface area contributed by atoms with Gasteiger partial charge in [-0.3, -0.25) is 9.59 Å². The van der Waals surface area contributed by atoms with Crippen molar-refractivity contribution in [3.63, 3.8) is 0 Å². The zero-order valence-electron chi connectivity index (χ0n) is 18.2. The predicted molar refractivity (Wildman–Crippen MR) is 126 cm³/mol. The number of carbonyl (C=O) groups is 2. The summed E-state index contributed by atoms with van der Waals surface area (Å²) in [6.07, 6.45) is 1.15. The summed E-state index contributed by atoms with van der Waals surface area (Å²) in [6, 6.07) is 15.2. The smallest absolute Gasteiger partial charge is 0.242 e. The first kappa shape index (κ1) is 24.3. The van der Waals surface area contributed by atoms with E-state index in [4.69, 9.17) is 11.6 Å². The highest BCUT2D eigenvalue weighted by molar-refractivity contribution is 7.99. The Morgan fingerprint density at radius 3 is 2.37 bits per heavy atom. The lowest BCUT2D eigenvalue weighted by molar-refractivity contribution is -0.140. The second-order valence-electron chi connectivity index (χ2n) is 7.69. The van der Waals surface area contributed by atoms with E-state index in [9.17, 15) is 9.59 Å². The molecule has 2 amide bonds. The summed E-state index contributed by atoms with van der Waals surface area (Å²) in [6.45, 7) is 8.11. The third-order valence-corrected chi connectivity index (χ3v) is 6.17. The number of carbonyl (C=O) groups excluding carboxylic acids is 2. The average Bonchev–Trinajstić information content (AvgIpc) is 2.70. The van der Waals surface area contributed by atoms with Gasteiger partial charge in [0.1, 0.15) is 6.04 Å². The molecule has 0 heterocycles. The molecule has 30 heavy (non-hydrogen) atoms. The minimum atomic E-state index is -0.525. The van der Waals surface area contributed by atoms with Crippen LogP contribution in [0.5, 0.6) is 0 Å². The van der Waals surface area contributed by atoms with Gasteiger partial charge in [-0.1, -0.05) is 35.9 Å². The van der Waals surface area contributed by atoms with E-state index in [-0.39, 0.29) is 17.9 Å². The molecule has 0 saturated heterocycles. The molecule has 0 spiro atoms. The first-order chi connectivity index (χ1) is 14.3. The summed E-state index contributed by atoms with van der Waals surface area (Å²) < 4.78 is 0. The summed E-state index contributed by atoms with van der Waals surface area (Å²) in [5.41, 5.74) is 2.18. The quantitative estimate of drug-likeness (QED) is 0.389. The van der Waals surface area contributed by atoms with Gasteiger partial charge in [-0.05, 0) is 75.3 Å². The Morgan fingerprint density at radius 1 is 1.07 bits per heavy atom. The molecule has 2 aromatic carbocycles. The van der Waals surface area contributed by atoms with Gasteiger partial charge in [0.15, 0.2) is 0 Å². The van der Waals surface area contributed by atoms with Crippen LogP contribution in [-0.4, -0.2) is 34.6 Å². The number of hydrogen-bond acceptors (Lipinski definition) is 3. The minimum absolute atomic E-state index is 0.00126. The Bertz CT molecular complexity index is 839. The monoisotopic (exact) mass is 446 g/mol. The van der Waals surface area contributed by atoms with Crippen molar-refractivity contribution in [1.82, 2.24) is 10.2 Å². The summed E-state index contributed by atoms with van der Waals surface area (Å²) in [5.74, 6) is 0.710. The molecule has 4 nitrogen and oxygen atoms in total. The molecule has 0 aliphatic heterocycles. The summed E-state index contributed by atoms with van der Waals surface area (Å²) in [4.78, 5) is 28.5. The summed E-state index contributed by atoms with van der Waals surface area (Å²) >= 11 is 7.63. The SMILES string of the molecule is Cc1ccccc1CN(C(=O)CCCSc1ccc(Cl)cc1)[C@H](C)C(=O)NC(C)C. The summed E-state index contributed by atoms with van der Waals surface area (Å²) in [7, 11) is 0. The van der Waals surface area contributed by atoms with Crippen LogP contribution in [0, 0.1) is 6.92 Å². The van der Waals surface area contributed by atoms with Crippen LogP contribution < -0.4 is 5.32 Å². The molecular weight excluding hydrogens is 416 g/mol. The number of benzene rings is 2. The van der Waals surface area contributed by atoms with Crippen molar-refractivity contribution in [1.29, 1.82) is 0 Å². The maximum Gasteiger partial charge on any atom is 0.242 e. The lowest BCUT2D eigenvalue weighted by Gasteiger charge is -2.30. The van der Waals surface area contributed by atoms with Gasteiger partial charge in [0.2, 0.25) is 11.8 Å². The molecule has 1 N–H and O–H groups in total. The highest BCUT2D eigenvalue weighted by atomic mass is 35.5. The highest BCUT2D eigenvalue weighted by Gasteiger charge is 2.26. The minimum Gasteiger partial charge on any atom is -0.352 e. The van der Waals surface area contributed by atoms with Crippen LogP contribution in [0.2, 0.25) is 5.02 Å². The normalized spacial score (nSPS) is 11.9. The largest absolute Gasteiger partial charge is 0.352 e. The van der Waals surface area contributed by atoms with Crippen LogP contribution in [-0.2, 0) is 16.1 Å². The third kappa shape index (κ3) is 7.69. The van der Waals surface area contributed by atoms with E-state index in [1.165, 1.54) is 0 Å².